The van der Waals surface area contributed by atoms with E-state index in [1.165, 1.54) is 33.4 Å². The zero-order valence-corrected chi connectivity index (χ0v) is 24.0. The number of carbonyl (C=O) groups is 1. The number of nitrogens with zero attached hydrogens (tertiary/aromatic N) is 2. The van der Waals surface area contributed by atoms with Crippen molar-refractivity contribution in [2.24, 2.45) is 0 Å². The molecule has 1 saturated heterocycles. The SMILES string of the molecule is COc1cccc(OC[C@H]2c3ccsc3CCN2C(=O)CN(C[C@H]2CCCO2)S(=O)(=O)c2ccc(Cl)cc2)c1. The van der Waals surface area contributed by atoms with Gasteiger partial charge in [-0.15, -0.1) is 11.3 Å². The lowest BCUT2D eigenvalue weighted by atomic mass is 10.0. The number of hydrogen-bond donors (Lipinski definition) is 0. The molecule has 1 amide bonds. The van der Waals surface area contributed by atoms with Crippen molar-refractivity contribution in [3.63, 3.8) is 0 Å². The number of thiophene rings is 1. The van der Waals surface area contributed by atoms with Gasteiger partial charge in [-0.3, -0.25) is 4.79 Å². The molecule has 2 atom stereocenters. The van der Waals surface area contributed by atoms with Gasteiger partial charge in [-0.05, 0) is 72.7 Å². The molecule has 1 aromatic heterocycles. The Hall–Kier alpha value is -2.63. The largest absolute Gasteiger partial charge is 0.497 e. The number of fused-ring (bicyclic) bond motifs is 1. The third kappa shape index (κ3) is 6.41. The average molecular weight is 591 g/mol. The second-order valence-electron chi connectivity index (χ2n) is 9.53. The Morgan fingerprint density at radius 2 is 1.97 bits per heavy atom. The van der Waals surface area contributed by atoms with Gasteiger partial charge in [0.2, 0.25) is 15.9 Å². The van der Waals surface area contributed by atoms with Gasteiger partial charge in [-0.1, -0.05) is 17.7 Å². The highest BCUT2D eigenvalue weighted by molar-refractivity contribution is 7.89. The number of carbonyl (C=O) groups excluding carboxylic acids is 1. The van der Waals surface area contributed by atoms with Crippen molar-refractivity contribution >= 4 is 38.9 Å². The maximum absolute atomic E-state index is 13.9. The molecule has 2 aliphatic heterocycles. The monoisotopic (exact) mass is 590 g/mol. The highest BCUT2D eigenvalue weighted by atomic mass is 35.5. The Balaban J connectivity index is 1.38. The molecule has 208 valence electrons. The maximum atomic E-state index is 13.9. The van der Waals surface area contributed by atoms with Gasteiger partial charge < -0.3 is 19.1 Å². The number of methoxy groups -OCH3 is 1. The molecule has 5 rings (SSSR count). The van der Waals surface area contributed by atoms with Gasteiger partial charge in [0.1, 0.15) is 18.1 Å². The minimum atomic E-state index is -3.97. The van der Waals surface area contributed by atoms with Gasteiger partial charge in [-0.25, -0.2) is 8.42 Å². The van der Waals surface area contributed by atoms with E-state index >= 15 is 0 Å². The Kier molecular flexibility index (Phi) is 8.78. The fourth-order valence-corrected chi connectivity index (χ4v) is 7.48. The molecule has 11 heteroatoms. The summed E-state index contributed by atoms with van der Waals surface area (Å²) in [5.74, 6) is 1.04. The highest BCUT2D eigenvalue weighted by Crippen LogP contribution is 2.34. The van der Waals surface area contributed by atoms with Crippen molar-refractivity contribution in [3.05, 3.63) is 75.4 Å². The van der Waals surface area contributed by atoms with E-state index in [-0.39, 0.29) is 42.6 Å². The molecule has 0 spiro atoms. The van der Waals surface area contributed by atoms with Crippen molar-refractivity contribution < 1.29 is 27.4 Å². The van der Waals surface area contributed by atoms with Crippen LogP contribution in [0, 0.1) is 0 Å². The van der Waals surface area contributed by atoms with Crippen LogP contribution >= 0.6 is 22.9 Å². The summed E-state index contributed by atoms with van der Waals surface area (Å²) >= 11 is 7.66. The van der Waals surface area contributed by atoms with Crippen LogP contribution in [0.3, 0.4) is 0 Å². The molecule has 3 aromatic rings. The summed E-state index contributed by atoms with van der Waals surface area (Å²) in [6.45, 7) is 1.12. The number of ether oxygens (including phenoxy) is 3. The zero-order valence-electron chi connectivity index (χ0n) is 21.6. The Labute approximate surface area is 238 Å². The quantitative estimate of drug-likeness (QED) is 0.338. The molecule has 0 unspecified atom stereocenters. The number of rotatable bonds is 10. The normalized spacial score (nSPS) is 19.2. The minimum Gasteiger partial charge on any atom is -0.497 e. The summed E-state index contributed by atoms with van der Waals surface area (Å²) < 4.78 is 45.8. The van der Waals surface area contributed by atoms with Gasteiger partial charge in [0.05, 0.1) is 30.7 Å². The van der Waals surface area contributed by atoms with E-state index in [1.807, 2.05) is 29.6 Å². The van der Waals surface area contributed by atoms with E-state index in [2.05, 4.69) is 0 Å². The molecule has 2 aliphatic rings. The second-order valence-corrected chi connectivity index (χ2v) is 12.9. The van der Waals surface area contributed by atoms with Gasteiger partial charge >= 0.3 is 0 Å². The molecule has 0 N–H and O–H groups in total. The smallest absolute Gasteiger partial charge is 0.243 e. The van der Waals surface area contributed by atoms with Crippen LogP contribution in [0.25, 0.3) is 0 Å². The fourth-order valence-electron chi connectivity index (χ4n) is 5.00. The summed E-state index contributed by atoms with van der Waals surface area (Å²) in [6.07, 6.45) is 2.07. The predicted molar refractivity (Wildman–Crippen MR) is 150 cm³/mol. The summed E-state index contributed by atoms with van der Waals surface area (Å²) in [6, 6.07) is 15.0. The van der Waals surface area contributed by atoms with E-state index in [0.717, 1.165) is 18.4 Å². The van der Waals surface area contributed by atoms with Crippen LogP contribution in [0.1, 0.15) is 29.3 Å². The van der Waals surface area contributed by atoms with Gasteiger partial charge in [0.15, 0.2) is 0 Å². The lowest BCUT2D eigenvalue weighted by molar-refractivity contribution is -0.135. The number of halogens is 1. The standard InChI is InChI=1S/C28H31ClN2O6S2/c1-35-21-4-2-5-22(16-21)37-19-26-25-12-15-38-27(25)11-13-31(26)28(32)18-30(17-23-6-3-14-36-23)39(33,34)24-9-7-20(29)8-10-24/h2,4-5,7-10,12,15-16,23,26H,3,6,11,13-14,17-19H2,1H3/t23-,26+/m1/s1. The minimum absolute atomic E-state index is 0.0920. The Bertz CT molecular complexity index is 1390. The fraction of sp³-hybridized carbons (Fsp3) is 0.393. The zero-order chi connectivity index (χ0) is 27.4. The molecule has 0 radical (unpaired) electrons. The second kappa shape index (κ2) is 12.3. The van der Waals surface area contributed by atoms with Gasteiger partial charge in [-0.2, -0.15) is 4.31 Å². The third-order valence-corrected chi connectivity index (χ3v) is 10.1. The molecule has 1 fully saturated rings. The first-order valence-electron chi connectivity index (χ1n) is 12.8. The van der Waals surface area contributed by atoms with E-state index in [4.69, 9.17) is 25.8 Å². The highest BCUT2D eigenvalue weighted by Gasteiger charge is 2.36. The predicted octanol–water partition coefficient (Wildman–Crippen LogP) is 4.78. The molecule has 3 heterocycles. The molecular formula is C28H31ClN2O6S2. The summed E-state index contributed by atoms with van der Waals surface area (Å²) in [7, 11) is -2.37. The van der Waals surface area contributed by atoms with Crippen LogP contribution < -0.4 is 9.47 Å². The molecule has 39 heavy (non-hydrogen) atoms. The van der Waals surface area contributed by atoms with Crippen molar-refractivity contribution in [3.8, 4) is 11.5 Å². The number of benzene rings is 2. The Morgan fingerprint density at radius 1 is 1.18 bits per heavy atom. The van der Waals surface area contributed by atoms with Crippen molar-refractivity contribution in [1.82, 2.24) is 9.21 Å². The van der Waals surface area contributed by atoms with Crippen LogP contribution in [-0.2, 0) is 26.0 Å². The summed E-state index contributed by atoms with van der Waals surface area (Å²) in [5.41, 5.74) is 1.04. The first-order chi connectivity index (χ1) is 18.8. The van der Waals surface area contributed by atoms with Gasteiger partial charge in [0.25, 0.3) is 0 Å². The van der Waals surface area contributed by atoms with E-state index < -0.39 is 10.0 Å². The molecule has 0 aliphatic carbocycles. The molecule has 0 bridgehead atoms. The van der Waals surface area contributed by atoms with Crippen molar-refractivity contribution in [2.75, 3.05) is 40.0 Å². The van der Waals surface area contributed by atoms with Crippen LogP contribution in [0.4, 0.5) is 0 Å². The van der Waals surface area contributed by atoms with Crippen molar-refractivity contribution in [1.29, 1.82) is 0 Å². The van der Waals surface area contributed by atoms with Crippen LogP contribution in [0.2, 0.25) is 5.02 Å². The third-order valence-electron chi connectivity index (χ3n) is 7.06. The molecule has 2 aromatic carbocycles. The van der Waals surface area contributed by atoms with Crippen LogP contribution in [-0.4, -0.2) is 69.6 Å². The average Bonchev–Trinajstić information content (AvgIpc) is 3.64. The van der Waals surface area contributed by atoms with Gasteiger partial charge in [0, 0.05) is 35.7 Å². The van der Waals surface area contributed by atoms with Crippen LogP contribution in [0.5, 0.6) is 11.5 Å². The maximum Gasteiger partial charge on any atom is 0.243 e. The molecular weight excluding hydrogens is 560 g/mol. The Morgan fingerprint density at radius 3 is 2.72 bits per heavy atom. The number of amides is 1. The first-order valence-corrected chi connectivity index (χ1v) is 15.5. The molecule has 8 nitrogen and oxygen atoms in total. The topological polar surface area (TPSA) is 85.4 Å². The van der Waals surface area contributed by atoms with E-state index in [0.29, 0.717) is 36.1 Å². The summed E-state index contributed by atoms with van der Waals surface area (Å²) in [4.78, 5) is 16.9. The van der Waals surface area contributed by atoms with E-state index in [1.54, 1.807) is 29.4 Å². The lowest BCUT2D eigenvalue weighted by Crippen LogP contribution is -2.49. The van der Waals surface area contributed by atoms with Crippen molar-refractivity contribution in [2.45, 2.75) is 36.3 Å². The van der Waals surface area contributed by atoms with E-state index in [9.17, 15) is 13.2 Å². The molecule has 0 saturated carbocycles. The number of sulfonamides is 1. The summed E-state index contributed by atoms with van der Waals surface area (Å²) in [5, 5.41) is 2.46. The first kappa shape index (κ1) is 27.9. The number of hydrogen-bond acceptors (Lipinski definition) is 7. The lowest BCUT2D eigenvalue weighted by Gasteiger charge is -2.37. The van der Waals surface area contributed by atoms with Crippen LogP contribution in [0.15, 0.2) is 64.9 Å².